The molecule has 0 spiro atoms. The first kappa shape index (κ1) is 21.3. The van der Waals surface area contributed by atoms with E-state index in [1.807, 2.05) is 13.0 Å². The summed E-state index contributed by atoms with van der Waals surface area (Å²) in [6, 6.07) is 7.23. The fourth-order valence-corrected chi connectivity index (χ4v) is 10.4. The number of benzene rings is 1. The highest BCUT2D eigenvalue weighted by Crippen LogP contribution is 2.64. The van der Waals surface area contributed by atoms with Gasteiger partial charge in [0, 0.05) is 72.0 Å². The highest BCUT2D eigenvalue weighted by molar-refractivity contribution is 7.31. The molecule has 0 N–H and O–H groups in total. The normalized spacial score (nSPS) is 16.7. The van der Waals surface area contributed by atoms with Crippen molar-refractivity contribution >= 4 is 54.7 Å². The van der Waals surface area contributed by atoms with Gasteiger partial charge in [-0.1, -0.05) is 0 Å². The molecular weight excluding hydrogens is 517 g/mol. The van der Waals surface area contributed by atoms with Crippen LogP contribution in [0.2, 0.25) is 0 Å². The Labute approximate surface area is 209 Å². The Bertz CT molecular complexity index is 1670. The molecule has 0 bridgehead atoms. The van der Waals surface area contributed by atoms with Crippen molar-refractivity contribution in [2.24, 2.45) is 0 Å². The van der Waals surface area contributed by atoms with Crippen LogP contribution < -0.4 is 0 Å². The average Bonchev–Trinajstić information content (AvgIpc) is 3.52. The van der Waals surface area contributed by atoms with Crippen LogP contribution in [0, 0.1) is 27.7 Å². The predicted octanol–water partition coefficient (Wildman–Crippen LogP) is 10.2. The molecular formula is C26H16F4S4. The van der Waals surface area contributed by atoms with Crippen molar-refractivity contribution in [3.63, 3.8) is 0 Å². The molecule has 7 rings (SSSR count). The predicted molar refractivity (Wildman–Crippen MR) is 137 cm³/mol. The van der Waals surface area contributed by atoms with Gasteiger partial charge in [0.2, 0.25) is 0 Å². The van der Waals surface area contributed by atoms with Gasteiger partial charge in [-0.3, -0.25) is 0 Å². The summed E-state index contributed by atoms with van der Waals surface area (Å²) < 4.78 is 65.5. The number of alkyl halides is 4. The molecule has 0 nitrogen and oxygen atoms in total. The maximum absolute atomic E-state index is 16.0. The van der Waals surface area contributed by atoms with E-state index < -0.39 is 11.8 Å². The zero-order valence-electron chi connectivity index (χ0n) is 18.5. The van der Waals surface area contributed by atoms with Crippen molar-refractivity contribution in [1.29, 1.82) is 0 Å². The van der Waals surface area contributed by atoms with Gasteiger partial charge in [-0.05, 0) is 63.1 Å². The molecule has 8 heteroatoms. The molecule has 4 heterocycles. The van der Waals surface area contributed by atoms with Crippen LogP contribution in [-0.4, -0.2) is 0 Å². The first-order valence-electron chi connectivity index (χ1n) is 10.7. The maximum atomic E-state index is 16.0. The molecule has 0 fully saturated rings. The Hall–Kier alpha value is -2.00. The zero-order valence-corrected chi connectivity index (χ0v) is 21.7. The molecule has 4 aromatic heterocycles. The van der Waals surface area contributed by atoms with E-state index in [0.717, 1.165) is 24.0 Å². The van der Waals surface area contributed by atoms with Crippen LogP contribution in [0.3, 0.4) is 0 Å². The molecule has 0 amide bonds. The second kappa shape index (κ2) is 6.40. The molecule has 5 aromatic rings. The van der Waals surface area contributed by atoms with Crippen LogP contribution in [0.4, 0.5) is 17.6 Å². The smallest absolute Gasteiger partial charge is 0.196 e. The molecule has 34 heavy (non-hydrogen) atoms. The summed E-state index contributed by atoms with van der Waals surface area (Å²) in [4.78, 5) is 4.54. The molecule has 0 aliphatic heterocycles. The second-order valence-electron chi connectivity index (χ2n) is 9.05. The summed E-state index contributed by atoms with van der Waals surface area (Å²) in [6.45, 7) is 6.99. The third-order valence-electron chi connectivity index (χ3n) is 6.92. The van der Waals surface area contributed by atoms with Gasteiger partial charge in [0.05, 0.1) is 0 Å². The summed E-state index contributed by atoms with van der Waals surface area (Å²) in [5, 5.41) is 0. The van der Waals surface area contributed by atoms with Gasteiger partial charge in [-0.15, -0.1) is 45.3 Å². The van der Waals surface area contributed by atoms with Crippen molar-refractivity contribution in [1.82, 2.24) is 0 Å². The number of thiophene rings is 4. The number of rotatable bonds is 1. The second-order valence-corrected chi connectivity index (χ2v) is 13.7. The van der Waals surface area contributed by atoms with Crippen LogP contribution in [0.25, 0.3) is 40.0 Å². The monoisotopic (exact) mass is 532 g/mol. The van der Waals surface area contributed by atoms with E-state index in [9.17, 15) is 0 Å². The molecule has 0 unspecified atom stereocenters. The Morgan fingerprint density at radius 3 is 1.68 bits per heavy atom. The maximum Gasteiger partial charge on any atom is 0.300 e. The Kier molecular flexibility index (Phi) is 4.01. The minimum absolute atomic E-state index is 0.0516. The molecule has 172 valence electrons. The summed E-state index contributed by atoms with van der Waals surface area (Å²) in [7, 11) is 0. The number of aryl methyl sites for hydroxylation is 2. The van der Waals surface area contributed by atoms with E-state index in [-0.39, 0.29) is 33.4 Å². The summed E-state index contributed by atoms with van der Waals surface area (Å²) in [6.07, 6.45) is 0. The summed E-state index contributed by atoms with van der Waals surface area (Å²) in [5.41, 5.74) is 0.839. The molecule has 0 saturated carbocycles. The lowest BCUT2D eigenvalue weighted by Crippen LogP contribution is -2.16. The third-order valence-corrected chi connectivity index (χ3v) is 11.5. The highest BCUT2D eigenvalue weighted by atomic mass is 32.1. The number of hydrogen-bond acceptors (Lipinski definition) is 4. The van der Waals surface area contributed by atoms with E-state index >= 15 is 17.6 Å². The van der Waals surface area contributed by atoms with Crippen molar-refractivity contribution < 1.29 is 17.6 Å². The largest absolute Gasteiger partial charge is 0.300 e. The fraction of sp³-hybridized carbons (Fsp3) is 0.231. The minimum atomic E-state index is -3.22. The van der Waals surface area contributed by atoms with Crippen LogP contribution >= 0.6 is 45.3 Å². The van der Waals surface area contributed by atoms with Crippen LogP contribution in [0.1, 0.15) is 43.1 Å². The van der Waals surface area contributed by atoms with Crippen LogP contribution in [-0.2, 0) is 11.8 Å². The molecule has 2 aliphatic rings. The molecule has 1 aromatic carbocycles. The van der Waals surface area contributed by atoms with E-state index in [2.05, 4.69) is 6.07 Å². The van der Waals surface area contributed by atoms with E-state index in [4.69, 9.17) is 0 Å². The fourth-order valence-electron chi connectivity index (χ4n) is 5.56. The van der Waals surface area contributed by atoms with Crippen molar-refractivity contribution in [2.45, 2.75) is 39.5 Å². The van der Waals surface area contributed by atoms with E-state index in [1.165, 1.54) is 33.6 Å². The minimum Gasteiger partial charge on any atom is -0.196 e. The first-order valence-corrected chi connectivity index (χ1v) is 14.0. The Morgan fingerprint density at radius 2 is 1.06 bits per heavy atom. The van der Waals surface area contributed by atoms with Gasteiger partial charge in [0.1, 0.15) is 0 Å². The highest BCUT2D eigenvalue weighted by Gasteiger charge is 2.54. The van der Waals surface area contributed by atoms with Gasteiger partial charge in [0.25, 0.3) is 0 Å². The molecule has 0 saturated heterocycles. The molecule has 0 atom stereocenters. The summed E-state index contributed by atoms with van der Waals surface area (Å²) in [5.74, 6) is -6.41. The number of halogens is 4. The Balaban J connectivity index is 1.49. The van der Waals surface area contributed by atoms with Gasteiger partial charge < -0.3 is 0 Å². The first-order chi connectivity index (χ1) is 16.0. The van der Waals surface area contributed by atoms with Gasteiger partial charge in [-0.2, -0.15) is 17.6 Å². The van der Waals surface area contributed by atoms with Crippen LogP contribution in [0.5, 0.6) is 0 Å². The molecule has 0 radical (unpaired) electrons. The van der Waals surface area contributed by atoms with Crippen LogP contribution in [0.15, 0.2) is 24.3 Å². The van der Waals surface area contributed by atoms with Crippen molar-refractivity contribution in [3.05, 3.63) is 67.4 Å². The SMILES string of the molecule is Cc1cc2c(s1)-c1c(C)c3c(c(C)c1C2(F)F)-c1sc(-c2cc4sc(C)cc4s2)cc1C3(F)F. The lowest BCUT2D eigenvalue weighted by atomic mass is 9.88. The standard InChI is InChI=1S/C26H16F4S4/c1-9-5-13-23(32-9)19-11(3)22-20(12(4)21(19)25(13,27)28)24-14(26(22,29)30)7-16(34-24)18-8-17-15(33-18)6-10(2)31-17/h5-8H,1-4H3. The average molecular weight is 533 g/mol. The lowest BCUT2D eigenvalue weighted by molar-refractivity contribution is 0.0443. The van der Waals surface area contributed by atoms with Gasteiger partial charge in [-0.25, -0.2) is 0 Å². The molecule has 2 aliphatic carbocycles. The topological polar surface area (TPSA) is 0 Å². The number of hydrogen-bond donors (Lipinski definition) is 0. The van der Waals surface area contributed by atoms with Crippen molar-refractivity contribution in [2.75, 3.05) is 0 Å². The summed E-state index contributed by atoms with van der Waals surface area (Å²) >= 11 is 5.82. The number of fused-ring (bicyclic) bond motifs is 7. The quantitative estimate of drug-likeness (QED) is 0.188. The Morgan fingerprint density at radius 1 is 0.559 bits per heavy atom. The van der Waals surface area contributed by atoms with Crippen molar-refractivity contribution in [3.8, 4) is 30.6 Å². The lowest BCUT2D eigenvalue weighted by Gasteiger charge is -2.22. The van der Waals surface area contributed by atoms with Gasteiger partial charge in [0.15, 0.2) is 0 Å². The van der Waals surface area contributed by atoms with E-state index in [1.54, 1.807) is 49.5 Å². The van der Waals surface area contributed by atoms with Gasteiger partial charge >= 0.3 is 11.8 Å². The zero-order chi connectivity index (χ0) is 23.9. The third kappa shape index (κ3) is 2.43. The van der Waals surface area contributed by atoms with E-state index in [0.29, 0.717) is 20.9 Å².